The molecule has 5 heteroatoms. The molecular weight excluding hydrogens is 260 g/mol. The second-order valence-electron chi connectivity index (χ2n) is 3.71. The van der Waals surface area contributed by atoms with E-state index in [-0.39, 0.29) is 18.6 Å². The van der Waals surface area contributed by atoms with E-state index in [2.05, 4.69) is 20.9 Å². The van der Waals surface area contributed by atoms with Crippen molar-refractivity contribution in [2.24, 2.45) is 0 Å². The Morgan fingerprint density at radius 1 is 1.73 bits per heavy atom. The number of carbonyl (C=O) groups excluding carboxylic acids is 1. The zero-order valence-electron chi connectivity index (χ0n) is 8.24. The number of amides is 1. The van der Waals surface area contributed by atoms with Gasteiger partial charge in [-0.2, -0.15) is 0 Å². The van der Waals surface area contributed by atoms with Gasteiger partial charge in [0, 0.05) is 17.2 Å². The Balaban J connectivity index is 2.13. The predicted octanol–water partition coefficient (Wildman–Crippen LogP) is 1.37. The molecule has 0 saturated carbocycles. The summed E-state index contributed by atoms with van der Waals surface area (Å²) in [5.74, 6) is -0.0303. The monoisotopic (exact) mass is 272 g/mol. The lowest BCUT2D eigenvalue weighted by Gasteiger charge is -2.22. The molecule has 0 radical (unpaired) electrons. The van der Waals surface area contributed by atoms with Gasteiger partial charge in [0.1, 0.15) is 5.69 Å². The number of carbonyl (C=O) groups is 1. The number of rotatable bonds is 2. The van der Waals surface area contributed by atoms with Gasteiger partial charge in [-0.25, -0.2) is 0 Å². The minimum absolute atomic E-state index is 0.0143. The van der Waals surface area contributed by atoms with Crippen molar-refractivity contribution in [2.45, 2.75) is 18.9 Å². The summed E-state index contributed by atoms with van der Waals surface area (Å²) in [5.41, 5.74) is 0.572. The molecule has 0 bridgehead atoms. The zero-order chi connectivity index (χ0) is 10.8. The molecule has 2 rings (SSSR count). The average molecular weight is 273 g/mol. The van der Waals surface area contributed by atoms with E-state index in [9.17, 15) is 4.79 Å². The van der Waals surface area contributed by atoms with Gasteiger partial charge in [-0.05, 0) is 34.8 Å². The minimum Gasteiger partial charge on any atom is -0.394 e. The Labute approximate surface area is 96.4 Å². The summed E-state index contributed by atoms with van der Waals surface area (Å²) in [6, 6.07) is 1.74. The molecule has 4 nitrogen and oxygen atoms in total. The van der Waals surface area contributed by atoms with E-state index in [1.54, 1.807) is 17.2 Å². The summed E-state index contributed by atoms with van der Waals surface area (Å²) >= 11 is 3.29. The Morgan fingerprint density at radius 2 is 2.53 bits per heavy atom. The molecule has 1 aromatic heterocycles. The Hall–Kier alpha value is -0.810. The molecule has 1 atom stereocenters. The molecule has 1 aliphatic heterocycles. The summed E-state index contributed by atoms with van der Waals surface area (Å²) in [7, 11) is 0. The molecule has 2 N–H and O–H groups in total. The second kappa shape index (κ2) is 4.37. The molecule has 0 spiro atoms. The van der Waals surface area contributed by atoms with Crippen LogP contribution in [0.2, 0.25) is 0 Å². The van der Waals surface area contributed by atoms with Crippen molar-refractivity contribution in [2.75, 3.05) is 13.2 Å². The highest BCUT2D eigenvalue weighted by atomic mass is 79.9. The van der Waals surface area contributed by atoms with E-state index in [1.165, 1.54) is 0 Å². The van der Waals surface area contributed by atoms with Crippen molar-refractivity contribution in [1.29, 1.82) is 0 Å². The van der Waals surface area contributed by atoms with Crippen LogP contribution >= 0.6 is 15.9 Å². The van der Waals surface area contributed by atoms with Crippen LogP contribution < -0.4 is 0 Å². The minimum atomic E-state index is -0.0303. The lowest BCUT2D eigenvalue weighted by atomic mass is 10.2. The first-order valence-corrected chi connectivity index (χ1v) is 5.77. The van der Waals surface area contributed by atoms with Crippen LogP contribution in [0.3, 0.4) is 0 Å². The van der Waals surface area contributed by atoms with Crippen molar-refractivity contribution in [3.63, 3.8) is 0 Å². The lowest BCUT2D eigenvalue weighted by Crippen LogP contribution is -2.37. The van der Waals surface area contributed by atoms with Crippen LogP contribution in [0.25, 0.3) is 0 Å². The van der Waals surface area contributed by atoms with Crippen molar-refractivity contribution in [3.8, 4) is 0 Å². The van der Waals surface area contributed by atoms with Gasteiger partial charge >= 0.3 is 0 Å². The van der Waals surface area contributed by atoms with Gasteiger partial charge in [-0.15, -0.1) is 0 Å². The van der Waals surface area contributed by atoms with Crippen molar-refractivity contribution in [3.05, 3.63) is 22.4 Å². The van der Waals surface area contributed by atoms with E-state index in [1.807, 2.05) is 0 Å². The number of halogens is 1. The third kappa shape index (κ3) is 2.08. The number of nitrogens with one attached hydrogen (secondary N) is 1. The summed E-state index contributed by atoms with van der Waals surface area (Å²) in [6.45, 7) is 0.786. The molecule has 0 aromatic carbocycles. The topological polar surface area (TPSA) is 56.3 Å². The number of hydrogen-bond acceptors (Lipinski definition) is 2. The summed E-state index contributed by atoms with van der Waals surface area (Å²) in [4.78, 5) is 16.6. The summed E-state index contributed by atoms with van der Waals surface area (Å²) in [5, 5.41) is 9.12. The van der Waals surface area contributed by atoms with E-state index < -0.39 is 0 Å². The fourth-order valence-corrected chi connectivity index (χ4v) is 2.28. The average Bonchev–Trinajstić information content (AvgIpc) is 2.84. The standard InChI is InChI=1S/C10H13BrN2O2/c11-7-4-9(12-5-7)10(15)13-3-1-2-8(13)6-14/h4-5,8,12,14H,1-3,6H2/t8-/m1/s1. The number of H-pyrrole nitrogens is 1. The molecule has 0 unspecified atom stereocenters. The van der Waals surface area contributed by atoms with Crippen LogP contribution in [0.1, 0.15) is 23.3 Å². The van der Waals surface area contributed by atoms with Crippen LogP contribution in [0.15, 0.2) is 16.7 Å². The molecule has 1 aromatic rings. The van der Waals surface area contributed by atoms with Gasteiger partial charge in [0.15, 0.2) is 0 Å². The fraction of sp³-hybridized carbons (Fsp3) is 0.500. The molecule has 1 aliphatic rings. The molecule has 1 saturated heterocycles. The maximum atomic E-state index is 12.0. The highest BCUT2D eigenvalue weighted by Crippen LogP contribution is 2.20. The van der Waals surface area contributed by atoms with Crippen LogP contribution in [-0.2, 0) is 0 Å². The Morgan fingerprint density at radius 3 is 3.13 bits per heavy atom. The van der Waals surface area contributed by atoms with E-state index in [0.717, 1.165) is 23.9 Å². The second-order valence-corrected chi connectivity index (χ2v) is 4.62. The fourth-order valence-electron chi connectivity index (χ4n) is 1.94. The largest absolute Gasteiger partial charge is 0.394 e. The first-order valence-electron chi connectivity index (χ1n) is 4.98. The van der Waals surface area contributed by atoms with Gasteiger partial charge in [-0.3, -0.25) is 4.79 Å². The van der Waals surface area contributed by atoms with E-state index >= 15 is 0 Å². The molecule has 82 valence electrons. The maximum absolute atomic E-state index is 12.0. The molecular formula is C10H13BrN2O2. The summed E-state index contributed by atoms with van der Waals surface area (Å²) < 4.78 is 0.866. The van der Waals surface area contributed by atoms with E-state index in [4.69, 9.17) is 5.11 Å². The normalized spacial score (nSPS) is 20.9. The van der Waals surface area contributed by atoms with Gasteiger partial charge < -0.3 is 15.0 Å². The van der Waals surface area contributed by atoms with Crippen LogP contribution in [0.4, 0.5) is 0 Å². The van der Waals surface area contributed by atoms with Crippen LogP contribution in [-0.4, -0.2) is 40.1 Å². The number of aliphatic hydroxyl groups is 1. The first kappa shape index (κ1) is 10.7. The molecule has 0 aliphatic carbocycles. The number of likely N-dealkylation sites (tertiary alicyclic amines) is 1. The summed E-state index contributed by atoms with van der Waals surface area (Å²) in [6.07, 6.45) is 3.60. The van der Waals surface area contributed by atoms with Crippen molar-refractivity contribution in [1.82, 2.24) is 9.88 Å². The van der Waals surface area contributed by atoms with Gasteiger partial charge in [0.2, 0.25) is 0 Å². The molecule has 15 heavy (non-hydrogen) atoms. The SMILES string of the molecule is O=C(c1cc(Br)c[nH]1)N1CCC[C@@H]1CO. The number of aromatic nitrogens is 1. The smallest absolute Gasteiger partial charge is 0.270 e. The van der Waals surface area contributed by atoms with Crippen molar-refractivity contribution < 1.29 is 9.90 Å². The zero-order valence-corrected chi connectivity index (χ0v) is 9.83. The highest BCUT2D eigenvalue weighted by Gasteiger charge is 2.29. The number of aromatic amines is 1. The quantitative estimate of drug-likeness (QED) is 0.855. The molecule has 2 heterocycles. The third-order valence-electron chi connectivity index (χ3n) is 2.73. The lowest BCUT2D eigenvalue weighted by molar-refractivity contribution is 0.0672. The third-order valence-corrected chi connectivity index (χ3v) is 3.18. The Kier molecular flexibility index (Phi) is 3.11. The highest BCUT2D eigenvalue weighted by molar-refractivity contribution is 9.10. The van der Waals surface area contributed by atoms with E-state index in [0.29, 0.717) is 5.69 Å². The van der Waals surface area contributed by atoms with Gasteiger partial charge in [0.05, 0.1) is 12.6 Å². The molecule has 1 fully saturated rings. The first-order chi connectivity index (χ1) is 7.22. The number of nitrogens with zero attached hydrogens (tertiary/aromatic N) is 1. The molecule has 1 amide bonds. The van der Waals surface area contributed by atoms with Crippen LogP contribution in [0, 0.1) is 0 Å². The Bertz CT molecular complexity index is 364. The predicted molar refractivity (Wildman–Crippen MR) is 59.6 cm³/mol. The van der Waals surface area contributed by atoms with Gasteiger partial charge in [0.25, 0.3) is 5.91 Å². The maximum Gasteiger partial charge on any atom is 0.270 e. The van der Waals surface area contributed by atoms with Crippen molar-refractivity contribution >= 4 is 21.8 Å². The number of aliphatic hydroxyl groups excluding tert-OH is 1. The number of hydrogen-bond donors (Lipinski definition) is 2. The van der Waals surface area contributed by atoms with Gasteiger partial charge in [-0.1, -0.05) is 0 Å². The van der Waals surface area contributed by atoms with Crippen LogP contribution in [0.5, 0.6) is 0 Å².